The first-order valence-electron chi connectivity index (χ1n) is 5.65. The number of halogens is 1. The van der Waals surface area contributed by atoms with E-state index in [1.54, 1.807) is 31.6 Å². The second kappa shape index (κ2) is 6.07. The van der Waals surface area contributed by atoms with Gasteiger partial charge >= 0.3 is 0 Å². The van der Waals surface area contributed by atoms with Crippen molar-refractivity contribution in [3.8, 4) is 11.8 Å². The Bertz CT molecular complexity index is 622. The zero-order chi connectivity index (χ0) is 13.7. The Morgan fingerprint density at radius 2 is 2.26 bits per heavy atom. The molecule has 0 spiro atoms. The third-order valence-electron chi connectivity index (χ3n) is 2.66. The van der Waals surface area contributed by atoms with Gasteiger partial charge in [-0.1, -0.05) is 11.6 Å². The van der Waals surface area contributed by atoms with Crippen LogP contribution in [0.15, 0.2) is 36.7 Å². The number of nitrogens with zero attached hydrogens (tertiary/aromatic N) is 2. The molecule has 0 radical (unpaired) electrons. The van der Waals surface area contributed by atoms with E-state index < -0.39 is 0 Å². The molecule has 2 aromatic rings. The smallest absolute Gasteiger partial charge is 0.143 e. The first kappa shape index (κ1) is 13.2. The van der Waals surface area contributed by atoms with Gasteiger partial charge in [0.25, 0.3) is 0 Å². The summed E-state index contributed by atoms with van der Waals surface area (Å²) in [7, 11) is 1.57. The molecule has 5 heteroatoms. The van der Waals surface area contributed by atoms with Crippen LogP contribution in [0, 0.1) is 11.3 Å². The molecule has 2 rings (SSSR count). The highest BCUT2D eigenvalue weighted by molar-refractivity contribution is 6.31. The van der Waals surface area contributed by atoms with E-state index in [2.05, 4.69) is 16.4 Å². The largest absolute Gasteiger partial charge is 0.495 e. The van der Waals surface area contributed by atoms with E-state index in [9.17, 15) is 0 Å². The molecule has 1 aromatic heterocycles. The van der Waals surface area contributed by atoms with Gasteiger partial charge < -0.3 is 10.1 Å². The molecule has 0 saturated carbocycles. The maximum Gasteiger partial charge on any atom is 0.143 e. The lowest BCUT2D eigenvalue weighted by Gasteiger charge is -2.12. The number of pyridine rings is 1. The zero-order valence-electron chi connectivity index (χ0n) is 10.4. The molecule has 96 valence electrons. The van der Waals surface area contributed by atoms with Gasteiger partial charge in [0, 0.05) is 25.0 Å². The van der Waals surface area contributed by atoms with E-state index in [0.717, 1.165) is 11.3 Å². The number of nitriles is 1. The second-order valence-electron chi connectivity index (χ2n) is 3.85. The van der Waals surface area contributed by atoms with Crippen LogP contribution in [0.1, 0.15) is 11.1 Å². The Labute approximate surface area is 116 Å². The minimum absolute atomic E-state index is 0.559. The highest BCUT2D eigenvalue weighted by atomic mass is 35.5. The van der Waals surface area contributed by atoms with Crippen molar-refractivity contribution in [2.24, 2.45) is 0 Å². The molecule has 0 saturated heterocycles. The molecule has 0 aliphatic carbocycles. The van der Waals surface area contributed by atoms with Gasteiger partial charge in [0.2, 0.25) is 0 Å². The van der Waals surface area contributed by atoms with Crippen molar-refractivity contribution in [1.29, 1.82) is 5.26 Å². The van der Waals surface area contributed by atoms with E-state index in [1.807, 2.05) is 12.1 Å². The number of rotatable bonds is 4. The van der Waals surface area contributed by atoms with Gasteiger partial charge in [-0.15, -0.1) is 0 Å². The normalized spacial score (nSPS) is 9.74. The summed E-state index contributed by atoms with van der Waals surface area (Å²) in [4.78, 5) is 3.94. The molecule has 4 nitrogen and oxygen atoms in total. The topological polar surface area (TPSA) is 57.9 Å². The summed E-state index contributed by atoms with van der Waals surface area (Å²) >= 11 is 6.04. The Kier molecular flexibility index (Phi) is 4.22. The van der Waals surface area contributed by atoms with Crippen molar-refractivity contribution in [2.75, 3.05) is 12.4 Å². The number of hydrogen-bond donors (Lipinski definition) is 1. The predicted octanol–water partition coefficient (Wildman–Crippen LogP) is 3.23. The monoisotopic (exact) mass is 273 g/mol. The van der Waals surface area contributed by atoms with Crippen LogP contribution < -0.4 is 10.1 Å². The van der Waals surface area contributed by atoms with Crippen LogP contribution in [0.4, 0.5) is 5.69 Å². The first-order chi connectivity index (χ1) is 9.24. The van der Waals surface area contributed by atoms with Gasteiger partial charge in [0.1, 0.15) is 5.75 Å². The van der Waals surface area contributed by atoms with Crippen molar-refractivity contribution in [3.05, 3.63) is 52.8 Å². The Morgan fingerprint density at radius 1 is 1.42 bits per heavy atom. The third-order valence-corrected chi connectivity index (χ3v) is 3.00. The van der Waals surface area contributed by atoms with E-state index >= 15 is 0 Å². The summed E-state index contributed by atoms with van der Waals surface area (Å²) in [6.45, 7) is 0.559. The average Bonchev–Trinajstić information content (AvgIpc) is 2.46. The van der Waals surface area contributed by atoms with E-state index in [0.29, 0.717) is 22.9 Å². The van der Waals surface area contributed by atoms with Crippen LogP contribution in [0.2, 0.25) is 5.02 Å². The lowest BCUT2D eigenvalue weighted by Crippen LogP contribution is -2.02. The van der Waals surface area contributed by atoms with Gasteiger partial charge in [-0.25, -0.2) is 0 Å². The zero-order valence-corrected chi connectivity index (χ0v) is 11.1. The van der Waals surface area contributed by atoms with Crippen LogP contribution in [0.5, 0.6) is 5.75 Å². The van der Waals surface area contributed by atoms with Crippen LogP contribution >= 0.6 is 11.6 Å². The van der Waals surface area contributed by atoms with Crippen molar-refractivity contribution in [2.45, 2.75) is 6.54 Å². The molecule has 0 amide bonds. The fourth-order valence-electron chi connectivity index (χ4n) is 1.64. The SMILES string of the molecule is COc1cc(C#N)ccc1NCc1ccncc1Cl. The van der Waals surface area contributed by atoms with Crippen LogP contribution in [-0.4, -0.2) is 12.1 Å². The second-order valence-corrected chi connectivity index (χ2v) is 4.25. The summed E-state index contributed by atoms with van der Waals surface area (Å²) in [6, 6.07) is 9.17. The molecule has 1 aromatic carbocycles. The number of aromatic nitrogens is 1. The van der Waals surface area contributed by atoms with E-state index in [1.165, 1.54) is 0 Å². The highest BCUT2D eigenvalue weighted by Crippen LogP contribution is 2.26. The highest BCUT2D eigenvalue weighted by Gasteiger charge is 2.05. The van der Waals surface area contributed by atoms with Crippen molar-refractivity contribution < 1.29 is 4.74 Å². The van der Waals surface area contributed by atoms with E-state index in [-0.39, 0.29) is 0 Å². The molecule has 0 bridgehead atoms. The molecule has 1 N–H and O–H groups in total. The lowest BCUT2D eigenvalue weighted by molar-refractivity contribution is 0.416. The predicted molar refractivity (Wildman–Crippen MR) is 74.3 cm³/mol. The molecular weight excluding hydrogens is 262 g/mol. The summed E-state index contributed by atoms with van der Waals surface area (Å²) < 4.78 is 5.25. The Hall–Kier alpha value is -2.25. The molecule has 19 heavy (non-hydrogen) atoms. The van der Waals surface area contributed by atoms with Gasteiger partial charge in [-0.2, -0.15) is 5.26 Å². The minimum Gasteiger partial charge on any atom is -0.495 e. The number of ether oxygens (including phenoxy) is 1. The molecule has 1 heterocycles. The van der Waals surface area contributed by atoms with E-state index in [4.69, 9.17) is 21.6 Å². The molecule has 0 unspecified atom stereocenters. The number of hydrogen-bond acceptors (Lipinski definition) is 4. The minimum atomic E-state index is 0.559. The van der Waals surface area contributed by atoms with Gasteiger partial charge in [0.05, 0.1) is 29.5 Å². The summed E-state index contributed by atoms with van der Waals surface area (Å²) in [5.41, 5.74) is 2.32. The fraction of sp³-hybridized carbons (Fsp3) is 0.143. The standard InChI is InChI=1S/C14H12ClN3O/c1-19-14-6-10(7-16)2-3-13(14)18-8-11-4-5-17-9-12(11)15/h2-6,9,18H,8H2,1H3. The molecule has 0 aliphatic heterocycles. The maximum atomic E-state index is 8.84. The van der Waals surface area contributed by atoms with Crippen LogP contribution in [-0.2, 0) is 6.54 Å². The molecule has 0 fully saturated rings. The molecular formula is C14H12ClN3O. The van der Waals surface area contributed by atoms with Gasteiger partial charge in [0.15, 0.2) is 0 Å². The molecule has 0 aliphatic rings. The fourth-order valence-corrected chi connectivity index (χ4v) is 1.83. The summed E-state index contributed by atoms with van der Waals surface area (Å²) in [6.07, 6.45) is 3.30. The quantitative estimate of drug-likeness (QED) is 0.929. The van der Waals surface area contributed by atoms with Crippen molar-refractivity contribution >= 4 is 17.3 Å². The Morgan fingerprint density at radius 3 is 2.95 bits per heavy atom. The number of methoxy groups -OCH3 is 1. The lowest BCUT2D eigenvalue weighted by atomic mass is 10.2. The summed E-state index contributed by atoms with van der Waals surface area (Å²) in [5, 5.41) is 12.7. The third kappa shape index (κ3) is 3.15. The number of benzene rings is 1. The number of nitrogens with one attached hydrogen (secondary N) is 1. The summed E-state index contributed by atoms with van der Waals surface area (Å²) in [5.74, 6) is 0.629. The maximum absolute atomic E-state index is 8.84. The van der Waals surface area contributed by atoms with Crippen molar-refractivity contribution in [3.63, 3.8) is 0 Å². The molecule has 0 atom stereocenters. The van der Waals surface area contributed by atoms with Crippen molar-refractivity contribution in [1.82, 2.24) is 4.98 Å². The Balaban J connectivity index is 2.16. The van der Waals surface area contributed by atoms with Crippen LogP contribution in [0.3, 0.4) is 0 Å². The number of anilines is 1. The van der Waals surface area contributed by atoms with Crippen LogP contribution in [0.25, 0.3) is 0 Å². The van der Waals surface area contributed by atoms with Gasteiger partial charge in [-0.05, 0) is 23.8 Å². The van der Waals surface area contributed by atoms with Gasteiger partial charge in [-0.3, -0.25) is 4.98 Å². The average molecular weight is 274 g/mol. The first-order valence-corrected chi connectivity index (χ1v) is 6.03.